The number of carbonyl (C=O) groups is 3. The first-order valence-electron chi connectivity index (χ1n) is 8.06. The highest BCUT2D eigenvalue weighted by molar-refractivity contribution is 9.10. The summed E-state index contributed by atoms with van der Waals surface area (Å²) in [5.74, 6) is -1.99. The summed E-state index contributed by atoms with van der Waals surface area (Å²) in [6, 6.07) is 15.1. The summed E-state index contributed by atoms with van der Waals surface area (Å²) in [6.45, 7) is 1.36. The molecule has 2 atom stereocenters. The third kappa shape index (κ3) is 2.47. The van der Waals surface area contributed by atoms with Gasteiger partial charge in [-0.15, -0.1) is 0 Å². The third-order valence-corrected chi connectivity index (χ3v) is 5.04. The standard InChI is InChI=1S/C19H14BrN3O3/c1-11(24)16-15-17(23(21-16)14-9-7-12(20)8-10-14)19(26)22(18(15)25)13-5-3-2-4-6-13/h2-10,15,17H,1H3/t15-,17+/m0/s1. The number of benzene rings is 2. The molecule has 0 aromatic heterocycles. The molecular formula is C19H14BrN3O3. The Balaban J connectivity index is 1.80. The van der Waals surface area contributed by atoms with Gasteiger partial charge < -0.3 is 0 Å². The van der Waals surface area contributed by atoms with Gasteiger partial charge in [-0.3, -0.25) is 19.4 Å². The quantitative estimate of drug-likeness (QED) is 0.728. The molecule has 0 unspecified atom stereocenters. The number of anilines is 2. The van der Waals surface area contributed by atoms with Crippen molar-refractivity contribution in [1.82, 2.24) is 0 Å². The minimum Gasteiger partial charge on any atom is -0.293 e. The number of fused-ring (bicyclic) bond motifs is 1. The number of ketones is 1. The van der Waals surface area contributed by atoms with Crippen molar-refractivity contribution in [2.45, 2.75) is 13.0 Å². The Morgan fingerprint density at radius 1 is 0.962 bits per heavy atom. The summed E-state index contributed by atoms with van der Waals surface area (Å²) in [5, 5.41) is 5.80. The molecule has 0 aliphatic carbocycles. The highest BCUT2D eigenvalue weighted by atomic mass is 79.9. The van der Waals surface area contributed by atoms with E-state index in [0.29, 0.717) is 11.4 Å². The maximum absolute atomic E-state index is 13.1. The molecule has 2 aliphatic rings. The van der Waals surface area contributed by atoms with Crippen molar-refractivity contribution in [3.05, 3.63) is 59.1 Å². The molecule has 2 aromatic rings. The Morgan fingerprint density at radius 3 is 2.23 bits per heavy atom. The molecular weight excluding hydrogens is 398 g/mol. The van der Waals surface area contributed by atoms with Crippen LogP contribution in [0.1, 0.15) is 6.92 Å². The molecule has 0 bridgehead atoms. The van der Waals surface area contributed by atoms with Crippen LogP contribution >= 0.6 is 15.9 Å². The van der Waals surface area contributed by atoms with Crippen LogP contribution in [0.3, 0.4) is 0 Å². The fourth-order valence-electron chi connectivity index (χ4n) is 3.34. The van der Waals surface area contributed by atoms with Crippen LogP contribution in [-0.4, -0.2) is 29.4 Å². The Labute approximate surface area is 158 Å². The zero-order valence-corrected chi connectivity index (χ0v) is 15.4. The number of halogens is 1. The van der Waals surface area contributed by atoms with Gasteiger partial charge in [0.2, 0.25) is 5.91 Å². The topological polar surface area (TPSA) is 70.1 Å². The number of carbonyl (C=O) groups excluding carboxylic acids is 3. The zero-order chi connectivity index (χ0) is 18.4. The summed E-state index contributed by atoms with van der Waals surface area (Å²) in [7, 11) is 0. The van der Waals surface area contributed by atoms with Gasteiger partial charge in [-0.05, 0) is 36.4 Å². The van der Waals surface area contributed by atoms with Crippen molar-refractivity contribution < 1.29 is 14.4 Å². The first-order valence-corrected chi connectivity index (χ1v) is 8.85. The van der Waals surface area contributed by atoms with E-state index >= 15 is 0 Å². The van der Waals surface area contributed by atoms with Crippen LogP contribution in [0, 0.1) is 5.92 Å². The van der Waals surface area contributed by atoms with Crippen LogP contribution < -0.4 is 9.91 Å². The Hall–Kier alpha value is -2.80. The average molecular weight is 412 g/mol. The first-order chi connectivity index (χ1) is 12.5. The summed E-state index contributed by atoms with van der Waals surface area (Å²) in [4.78, 5) is 39.3. The third-order valence-electron chi connectivity index (χ3n) is 4.52. The van der Waals surface area contributed by atoms with Crippen LogP contribution in [0.2, 0.25) is 0 Å². The predicted molar refractivity (Wildman–Crippen MR) is 101 cm³/mol. The summed E-state index contributed by atoms with van der Waals surface area (Å²) in [5.41, 5.74) is 1.26. The fourth-order valence-corrected chi connectivity index (χ4v) is 3.61. The Bertz CT molecular complexity index is 940. The summed E-state index contributed by atoms with van der Waals surface area (Å²) in [6.07, 6.45) is 0. The van der Waals surface area contributed by atoms with E-state index < -0.39 is 17.9 Å². The van der Waals surface area contributed by atoms with Gasteiger partial charge >= 0.3 is 0 Å². The Kier molecular flexibility index (Phi) is 3.96. The predicted octanol–water partition coefficient (Wildman–Crippen LogP) is 2.77. The maximum Gasteiger partial charge on any atom is 0.259 e. The molecule has 7 heteroatoms. The van der Waals surface area contributed by atoms with Crippen molar-refractivity contribution in [1.29, 1.82) is 0 Å². The molecule has 1 saturated heterocycles. The maximum atomic E-state index is 13.1. The number of nitrogens with zero attached hydrogens (tertiary/aromatic N) is 3. The lowest BCUT2D eigenvalue weighted by molar-refractivity contribution is -0.122. The molecule has 0 saturated carbocycles. The fraction of sp³-hybridized carbons (Fsp3) is 0.158. The molecule has 4 rings (SSSR count). The van der Waals surface area contributed by atoms with Crippen LogP contribution in [0.4, 0.5) is 11.4 Å². The summed E-state index contributed by atoms with van der Waals surface area (Å²) < 4.78 is 0.882. The van der Waals surface area contributed by atoms with E-state index in [2.05, 4.69) is 21.0 Å². The van der Waals surface area contributed by atoms with Crippen molar-refractivity contribution in [2.24, 2.45) is 11.0 Å². The molecule has 2 aromatic carbocycles. The molecule has 0 spiro atoms. The van der Waals surface area contributed by atoms with E-state index in [4.69, 9.17) is 0 Å². The van der Waals surface area contributed by atoms with Crippen molar-refractivity contribution in [2.75, 3.05) is 9.91 Å². The second-order valence-electron chi connectivity index (χ2n) is 6.13. The molecule has 2 amide bonds. The SMILES string of the molecule is CC(=O)C1=NN(c2ccc(Br)cc2)[C@H]2C(=O)N(c3ccccc3)C(=O)[C@@H]12. The lowest BCUT2D eigenvalue weighted by Crippen LogP contribution is -2.39. The second kappa shape index (κ2) is 6.17. The van der Waals surface area contributed by atoms with E-state index in [1.165, 1.54) is 11.9 Å². The number of imide groups is 1. The van der Waals surface area contributed by atoms with Crippen LogP contribution in [0.15, 0.2) is 64.2 Å². The average Bonchev–Trinajstić information content (AvgIpc) is 3.14. The van der Waals surface area contributed by atoms with Crippen LogP contribution in [0.5, 0.6) is 0 Å². The molecule has 26 heavy (non-hydrogen) atoms. The molecule has 0 radical (unpaired) electrons. The van der Waals surface area contributed by atoms with Crippen LogP contribution in [0.25, 0.3) is 0 Å². The Morgan fingerprint density at radius 2 is 1.62 bits per heavy atom. The molecule has 6 nitrogen and oxygen atoms in total. The van der Waals surface area contributed by atoms with E-state index in [0.717, 1.165) is 9.37 Å². The van der Waals surface area contributed by atoms with Crippen molar-refractivity contribution in [3.63, 3.8) is 0 Å². The molecule has 1 fully saturated rings. The number of rotatable bonds is 3. The van der Waals surface area contributed by atoms with Gasteiger partial charge in [0, 0.05) is 11.4 Å². The molecule has 130 valence electrons. The van der Waals surface area contributed by atoms with Crippen molar-refractivity contribution in [3.8, 4) is 0 Å². The van der Waals surface area contributed by atoms with E-state index in [1.807, 2.05) is 18.2 Å². The number of amides is 2. The number of hydrazone groups is 1. The number of para-hydroxylation sites is 1. The smallest absolute Gasteiger partial charge is 0.259 e. The highest BCUT2D eigenvalue weighted by Gasteiger charge is 2.58. The minimum atomic E-state index is -0.885. The van der Waals surface area contributed by atoms with Gasteiger partial charge in [0.25, 0.3) is 5.91 Å². The van der Waals surface area contributed by atoms with Gasteiger partial charge in [-0.2, -0.15) is 5.10 Å². The highest BCUT2D eigenvalue weighted by Crippen LogP contribution is 2.38. The monoisotopic (exact) mass is 411 g/mol. The minimum absolute atomic E-state index is 0.120. The lowest BCUT2D eigenvalue weighted by Gasteiger charge is -2.22. The van der Waals surface area contributed by atoms with Gasteiger partial charge in [0.15, 0.2) is 5.78 Å². The molecule has 2 aliphatic heterocycles. The van der Waals surface area contributed by atoms with Crippen molar-refractivity contribution >= 4 is 50.6 Å². The van der Waals surface area contributed by atoms with E-state index in [-0.39, 0.29) is 17.4 Å². The zero-order valence-electron chi connectivity index (χ0n) is 13.8. The van der Waals surface area contributed by atoms with Gasteiger partial charge in [-0.25, -0.2) is 4.90 Å². The number of Topliss-reactive ketones (excluding diaryl/α,β-unsaturated/α-hetero) is 1. The van der Waals surface area contributed by atoms with Gasteiger partial charge in [0.05, 0.1) is 11.4 Å². The van der Waals surface area contributed by atoms with Gasteiger partial charge in [-0.1, -0.05) is 34.1 Å². The van der Waals surface area contributed by atoms with E-state index in [1.54, 1.807) is 36.4 Å². The number of hydrogen-bond donors (Lipinski definition) is 0. The normalized spacial score (nSPS) is 21.8. The lowest BCUT2D eigenvalue weighted by atomic mass is 9.95. The molecule has 0 N–H and O–H groups in total. The van der Waals surface area contributed by atoms with Gasteiger partial charge in [0.1, 0.15) is 17.7 Å². The first kappa shape index (κ1) is 16.7. The second-order valence-corrected chi connectivity index (χ2v) is 7.05. The number of hydrogen-bond acceptors (Lipinski definition) is 5. The molecule has 2 heterocycles. The largest absolute Gasteiger partial charge is 0.293 e. The van der Waals surface area contributed by atoms with E-state index in [9.17, 15) is 14.4 Å². The summed E-state index contributed by atoms with van der Waals surface area (Å²) >= 11 is 3.37. The van der Waals surface area contributed by atoms with Crippen LogP contribution in [-0.2, 0) is 14.4 Å².